The Hall–Kier alpha value is -0.500. The third-order valence-electron chi connectivity index (χ3n) is 3.21. The van der Waals surface area contributed by atoms with Gasteiger partial charge in [0.2, 0.25) is 10.0 Å². The zero-order valence-electron chi connectivity index (χ0n) is 10.9. The highest BCUT2D eigenvalue weighted by molar-refractivity contribution is 9.10. The molecule has 0 fully saturated rings. The smallest absolute Gasteiger partial charge is 0.241 e. The fourth-order valence-corrected chi connectivity index (χ4v) is 3.70. The Morgan fingerprint density at radius 2 is 1.95 bits per heavy atom. The quantitative estimate of drug-likeness (QED) is 0.825. The van der Waals surface area contributed by atoms with Crippen molar-refractivity contribution in [1.29, 1.82) is 0 Å². The molecule has 7 heteroatoms. The zero-order valence-corrected chi connectivity index (χ0v) is 13.3. The lowest BCUT2D eigenvalue weighted by Crippen LogP contribution is -2.49. The molecule has 0 unspecified atom stereocenters. The molecule has 0 radical (unpaired) electrons. The van der Waals surface area contributed by atoms with Crippen molar-refractivity contribution in [2.45, 2.75) is 37.1 Å². The van der Waals surface area contributed by atoms with Gasteiger partial charge >= 0.3 is 0 Å². The normalized spacial score (nSPS) is 12.7. The summed E-state index contributed by atoms with van der Waals surface area (Å²) in [5, 5.41) is 0. The Kier molecular flexibility index (Phi) is 5.49. The van der Waals surface area contributed by atoms with Crippen molar-refractivity contribution in [1.82, 2.24) is 4.72 Å². The summed E-state index contributed by atoms with van der Waals surface area (Å²) in [6, 6.07) is 3.44. The van der Waals surface area contributed by atoms with Gasteiger partial charge in [-0.3, -0.25) is 0 Å². The van der Waals surface area contributed by atoms with Crippen LogP contribution in [0, 0.1) is 5.82 Å². The first-order valence-electron chi connectivity index (χ1n) is 5.97. The molecule has 0 aliphatic carbocycles. The van der Waals surface area contributed by atoms with Crippen molar-refractivity contribution in [3.8, 4) is 0 Å². The van der Waals surface area contributed by atoms with E-state index in [-0.39, 0.29) is 15.9 Å². The van der Waals surface area contributed by atoms with E-state index in [1.165, 1.54) is 6.07 Å². The van der Waals surface area contributed by atoms with Gasteiger partial charge in [-0.2, -0.15) is 0 Å². The topological polar surface area (TPSA) is 72.2 Å². The van der Waals surface area contributed by atoms with Gasteiger partial charge in [0.15, 0.2) is 0 Å². The number of halogens is 2. The van der Waals surface area contributed by atoms with E-state index in [0.717, 1.165) is 12.1 Å². The Labute approximate surface area is 121 Å². The molecule has 0 bridgehead atoms. The lowest BCUT2D eigenvalue weighted by molar-refractivity contribution is 0.391. The van der Waals surface area contributed by atoms with Gasteiger partial charge in [-0.25, -0.2) is 17.5 Å². The number of hydrogen-bond donors (Lipinski definition) is 2. The second kappa shape index (κ2) is 6.30. The van der Waals surface area contributed by atoms with Gasteiger partial charge < -0.3 is 5.73 Å². The average Bonchev–Trinajstić information content (AvgIpc) is 2.35. The highest BCUT2D eigenvalue weighted by atomic mass is 79.9. The van der Waals surface area contributed by atoms with Gasteiger partial charge in [0.1, 0.15) is 5.82 Å². The van der Waals surface area contributed by atoms with Crippen molar-refractivity contribution in [3.05, 3.63) is 28.5 Å². The first-order valence-corrected chi connectivity index (χ1v) is 8.25. The number of hydrogen-bond acceptors (Lipinski definition) is 3. The SMILES string of the molecule is CCC(N)(CC)CNS(=O)(=O)c1ccc(F)cc1Br. The second-order valence-corrected chi connectivity index (χ2v) is 7.06. The molecule has 0 saturated heterocycles. The molecular formula is C12H18BrFN2O2S. The van der Waals surface area contributed by atoms with Crippen LogP contribution in [0.5, 0.6) is 0 Å². The summed E-state index contributed by atoms with van der Waals surface area (Å²) in [6.45, 7) is 3.96. The monoisotopic (exact) mass is 352 g/mol. The maximum Gasteiger partial charge on any atom is 0.241 e. The number of benzene rings is 1. The standard InChI is InChI=1S/C12H18BrFN2O2S/c1-3-12(15,4-2)8-16-19(17,18)11-6-5-9(14)7-10(11)13/h5-7,16H,3-4,8,15H2,1-2H3. The van der Waals surface area contributed by atoms with Crippen molar-refractivity contribution in [2.24, 2.45) is 5.73 Å². The summed E-state index contributed by atoms with van der Waals surface area (Å²) in [7, 11) is -3.70. The van der Waals surface area contributed by atoms with E-state index < -0.39 is 21.4 Å². The Balaban J connectivity index is 2.93. The van der Waals surface area contributed by atoms with Crippen LogP contribution >= 0.6 is 15.9 Å². The van der Waals surface area contributed by atoms with Crippen LogP contribution in [-0.2, 0) is 10.0 Å². The van der Waals surface area contributed by atoms with Gasteiger partial charge in [0.05, 0.1) is 4.90 Å². The van der Waals surface area contributed by atoms with Crippen LogP contribution in [0.25, 0.3) is 0 Å². The molecule has 0 amide bonds. The van der Waals surface area contributed by atoms with Gasteiger partial charge in [0.25, 0.3) is 0 Å². The lowest BCUT2D eigenvalue weighted by atomic mass is 9.95. The van der Waals surface area contributed by atoms with E-state index in [9.17, 15) is 12.8 Å². The molecule has 1 rings (SSSR count). The molecular weight excluding hydrogens is 335 g/mol. The summed E-state index contributed by atoms with van der Waals surface area (Å²) < 4.78 is 39.9. The van der Waals surface area contributed by atoms with Crippen LogP contribution in [0.1, 0.15) is 26.7 Å². The van der Waals surface area contributed by atoms with E-state index in [0.29, 0.717) is 12.8 Å². The molecule has 0 atom stereocenters. The highest BCUT2D eigenvalue weighted by Gasteiger charge is 2.25. The van der Waals surface area contributed by atoms with Gasteiger partial charge in [-0.1, -0.05) is 13.8 Å². The highest BCUT2D eigenvalue weighted by Crippen LogP contribution is 2.23. The van der Waals surface area contributed by atoms with E-state index >= 15 is 0 Å². The van der Waals surface area contributed by atoms with Crippen molar-refractivity contribution >= 4 is 26.0 Å². The zero-order chi connectivity index (χ0) is 14.7. The number of sulfonamides is 1. The van der Waals surface area contributed by atoms with E-state index in [1.807, 2.05) is 13.8 Å². The molecule has 1 aromatic rings. The van der Waals surface area contributed by atoms with Gasteiger partial charge in [-0.15, -0.1) is 0 Å². The first kappa shape index (κ1) is 16.6. The summed E-state index contributed by atoms with van der Waals surface area (Å²) in [5.41, 5.74) is 5.48. The molecule has 19 heavy (non-hydrogen) atoms. The van der Waals surface area contributed by atoms with Crippen LogP contribution in [0.4, 0.5) is 4.39 Å². The number of nitrogens with two attached hydrogens (primary N) is 1. The minimum Gasteiger partial charge on any atom is -0.324 e. The van der Waals surface area contributed by atoms with Gasteiger partial charge in [0, 0.05) is 16.6 Å². The molecule has 0 aromatic heterocycles. The predicted octanol–water partition coefficient (Wildman–Crippen LogP) is 2.38. The fraction of sp³-hybridized carbons (Fsp3) is 0.500. The van der Waals surface area contributed by atoms with E-state index in [2.05, 4.69) is 20.7 Å². The molecule has 0 aliphatic rings. The van der Waals surface area contributed by atoms with E-state index in [1.54, 1.807) is 0 Å². The van der Waals surface area contributed by atoms with Crippen LogP contribution in [0.15, 0.2) is 27.6 Å². The minimum absolute atomic E-state index is 0.00320. The molecule has 0 heterocycles. The van der Waals surface area contributed by atoms with Crippen molar-refractivity contribution < 1.29 is 12.8 Å². The molecule has 0 spiro atoms. The Morgan fingerprint density at radius 3 is 2.42 bits per heavy atom. The average molecular weight is 353 g/mol. The third kappa shape index (κ3) is 4.24. The van der Waals surface area contributed by atoms with Gasteiger partial charge in [-0.05, 0) is 47.0 Å². The predicted molar refractivity (Wildman–Crippen MR) is 76.8 cm³/mol. The molecule has 4 nitrogen and oxygen atoms in total. The van der Waals surface area contributed by atoms with Crippen LogP contribution in [0.3, 0.4) is 0 Å². The molecule has 1 aromatic carbocycles. The van der Waals surface area contributed by atoms with E-state index in [4.69, 9.17) is 5.73 Å². The summed E-state index contributed by atoms with van der Waals surface area (Å²) in [5.74, 6) is -0.499. The van der Waals surface area contributed by atoms with Crippen molar-refractivity contribution in [2.75, 3.05) is 6.54 Å². The summed E-state index contributed by atoms with van der Waals surface area (Å²) >= 11 is 3.05. The number of nitrogens with one attached hydrogen (secondary N) is 1. The fourth-order valence-electron chi connectivity index (χ4n) is 1.51. The molecule has 108 valence electrons. The lowest BCUT2D eigenvalue weighted by Gasteiger charge is -2.26. The summed E-state index contributed by atoms with van der Waals surface area (Å²) in [6.07, 6.45) is 1.33. The van der Waals surface area contributed by atoms with Crippen LogP contribution < -0.4 is 10.5 Å². The Morgan fingerprint density at radius 1 is 1.37 bits per heavy atom. The second-order valence-electron chi connectivity index (χ2n) is 4.47. The Bertz CT molecular complexity index is 545. The van der Waals surface area contributed by atoms with Crippen LogP contribution in [0.2, 0.25) is 0 Å². The largest absolute Gasteiger partial charge is 0.324 e. The maximum atomic E-state index is 13.0. The maximum absolute atomic E-state index is 13.0. The molecule has 0 aliphatic heterocycles. The molecule has 0 saturated carbocycles. The molecule has 3 N–H and O–H groups in total. The van der Waals surface area contributed by atoms with Crippen molar-refractivity contribution in [3.63, 3.8) is 0 Å². The minimum atomic E-state index is -3.70. The summed E-state index contributed by atoms with van der Waals surface area (Å²) in [4.78, 5) is 0.00320. The van der Waals surface area contributed by atoms with Crippen LogP contribution in [-0.4, -0.2) is 20.5 Å². The first-order chi connectivity index (χ1) is 8.74. The number of rotatable bonds is 6. The third-order valence-corrected chi connectivity index (χ3v) is 5.58.